The van der Waals surface area contributed by atoms with Gasteiger partial charge >= 0.3 is 0 Å². The summed E-state index contributed by atoms with van der Waals surface area (Å²) in [6, 6.07) is 5.49. The van der Waals surface area contributed by atoms with Crippen molar-refractivity contribution in [2.45, 2.75) is 31.4 Å². The first-order valence-corrected chi connectivity index (χ1v) is 5.51. The molecule has 92 valence electrons. The molecule has 1 aliphatic rings. The number of alkyl halides is 2. The molecular weight excluding hydrogens is 226 g/mol. The van der Waals surface area contributed by atoms with E-state index in [1.165, 1.54) is 12.1 Å². The van der Waals surface area contributed by atoms with E-state index in [1.807, 2.05) is 0 Å². The first-order valence-electron chi connectivity index (χ1n) is 5.51. The third kappa shape index (κ3) is 2.61. The Kier molecular flexibility index (Phi) is 3.38. The van der Waals surface area contributed by atoms with Crippen LogP contribution in [0.15, 0.2) is 24.3 Å². The van der Waals surface area contributed by atoms with Crippen LogP contribution in [0.5, 0.6) is 0 Å². The lowest BCUT2D eigenvalue weighted by Gasteiger charge is -2.29. The zero-order valence-corrected chi connectivity index (χ0v) is 9.20. The lowest BCUT2D eigenvalue weighted by atomic mass is 9.92. The molecule has 1 aliphatic heterocycles. The minimum absolute atomic E-state index is 0.0237. The van der Waals surface area contributed by atoms with Gasteiger partial charge in [-0.1, -0.05) is 24.3 Å². The second kappa shape index (κ2) is 4.79. The third-order valence-electron chi connectivity index (χ3n) is 3.00. The first kappa shape index (κ1) is 12.0. The monoisotopic (exact) mass is 240 g/mol. The van der Waals surface area contributed by atoms with Crippen LogP contribution in [-0.4, -0.2) is 11.9 Å². The van der Waals surface area contributed by atoms with Gasteiger partial charge < -0.3 is 11.1 Å². The summed E-state index contributed by atoms with van der Waals surface area (Å²) < 4.78 is 24.8. The Balaban J connectivity index is 2.18. The fourth-order valence-corrected chi connectivity index (χ4v) is 2.00. The van der Waals surface area contributed by atoms with Gasteiger partial charge in [0.05, 0.1) is 6.04 Å². The standard InChI is InChI=1S/C12H14F2N2O/c13-12(14)8-3-1-7(2-4-8)11-9(15)5-6-10(17)16-11/h1-4,9,11-12H,5-6,15H2,(H,16,17). The highest BCUT2D eigenvalue weighted by Crippen LogP contribution is 2.25. The van der Waals surface area contributed by atoms with Crippen molar-refractivity contribution in [2.24, 2.45) is 5.73 Å². The number of benzene rings is 1. The predicted molar refractivity (Wildman–Crippen MR) is 59.5 cm³/mol. The van der Waals surface area contributed by atoms with E-state index < -0.39 is 6.43 Å². The van der Waals surface area contributed by atoms with Crippen LogP contribution in [0.3, 0.4) is 0 Å². The van der Waals surface area contributed by atoms with Crippen LogP contribution in [0.4, 0.5) is 8.78 Å². The summed E-state index contributed by atoms with van der Waals surface area (Å²) in [6.45, 7) is 0. The van der Waals surface area contributed by atoms with Crippen molar-refractivity contribution in [2.75, 3.05) is 0 Å². The van der Waals surface area contributed by atoms with E-state index in [4.69, 9.17) is 5.73 Å². The Labute approximate surface area is 98.0 Å². The molecule has 0 bridgehead atoms. The average Bonchev–Trinajstić information content (AvgIpc) is 2.32. The maximum atomic E-state index is 12.4. The average molecular weight is 240 g/mol. The number of carbonyl (C=O) groups is 1. The van der Waals surface area contributed by atoms with Crippen LogP contribution in [0.25, 0.3) is 0 Å². The van der Waals surface area contributed by atoms with Gasteiger partial charge in [0.2, 0.25) is 5.91 Å². The van der Waals surface area contributed by atoms with Crippen LogP contribution in [0, 0.1) is 0 Å². The van der Waals surface area contributed by atoms with Gasteiger partial charge in [-0.2, -0.15) is 0 Å². The second-order valence-corrected chi connectivity index (χ2v) is 4.22. The highest BCUT2D eigenvalue weighted by molar-refractivity contribution is 5.77. The normalized spacial score (nSPS) is 24.8. The fourth-order valence-electron chi connectivity index (χ4n) is 2.00. The van der Waals surface area contributed by atoms with Crippen LogP contribution < -0.4 is 11.1 Å². The van der Waals surface area contributed by atoms with Gasteiger partial charge in [0.25, 0.3) is 6.43 Å². The summed E-state index contributed by atoms with van der Waals surface area (Å²) in [5, 5.41) is 2.78. The summed E-state index contributed by atoms with van der Waals surface area (Å²) in [5.41, 5.74) is 6.66. The molecule has 5 heteroatoms. The number of nitrogens with one attached hydrogen (secondary N) is 1. The van der Waals surface area contributed by atoms with Crippen molar-refractivity contribution in [3.8, 4) is 0 Å². The Hall–Kier alpha value is -1.49. The largest absolute Gasteiger partial charge is 0.348 e. The molecule has 0 aromatic heterocycles. The van der Waals surface area contributed by atoms with Gasteiger partial charge in [0.15, 0.2) is 0 Å². The Morgan fingerprint density at radius 2 is 1.94 bits per heavy atom. The van der Waals surface area contributed by atoms with Gasteiger partial charge in [0.1, 0.15) is 0 Å². The molecule has 2 unspecified atom stereocenters. The lowest BCUT2D eigenvalue weighted by Crippen LogP contribution is -2.45. The molecule has 1 heterocycles. The predicted octanol–water partition coefficient (Wildman–Crippen LogP) is 1.90. The number of hydrogen-bond donors (Lipinski definition) is 2. The molecule has 0 spiro atoms. The number of halogens is 2. The van der Waals surface area contributed by atoms with E-state index in [2.05, 4.69) is 5.32 Å². The summed E-state index contributed by atoms with van der Waals surface area (Å²) in [7, 11) is 0. The van der Waals surface area contributed by atoms with Crippen molar-refractivity contribution in [1.29, 1.82) is 0 Å². The molecule has 1 fully saturated rings. The number of carbonyl (C=O) groups excluding carboxylic acids is 1. The minimum Gasteiger partial charge on any atom is -0.348 e. The smallest absolute Gasteiger partial charge is 0.263 e. The fraction of sp³-hybridized carbons (Fsp3) is 0.417. The zero-order chi connectivity index (χ0) is 12.4. The van der Waals surface area contributed by atoms with Gasteiger partial charge in [-0.05, 0) is 12.0 Å². The lowest BCUT2D eigenvalue weighted by molar-refractivity contribution is -0.123. The van der Waals surface area contributed by atoms with Crippen LogP contribution in [0.1, 0.15) is 36.4 Å². The van der Waals surface area contributed by atoms with Crippen molar-refractivity contribution in [1.82, 2.24) is 5.32 Å². The van der Waals surface area contributed by atoms with Crippen molar-refractivity contribution < 1.29 is 13.6 Å². The maximum absolute atomic E-state index is 12.4. The SMILES string of the molecule is NC1CCC(=O)NC1c1ccc(C(F)F)cc1. The van der Waals surface area contributed by atoms with E-state index >= 15 is 0 Å². The molecule has 2 atom stereocenters. The maximum Gasteiger partial charge on any atom is 0.263 e. The number of amides is 1. The van der Waals surface area contributed by atoms with Crippen LogP contribution in [-0.2, 0) is 4.79 Å². The molecule has 0 radical (unpaired) electrons. The van der Waals surface area contributed by atoms with E-state index in [-0.39, 0.29) is 23.6 Å². The molecule has 17 heavy (non-hydrogen) atoms. The number of piperidine rings is 1. The number of hydrogen-bond acceptors (Lipinski definition) is 2. The highest BCUT2D eigenvalue weighted by atomic mass is 19.3. The van der Waals surface area contributed by atoms with Crippen molar-refractivity contribution >= 4 is 5.91 Å². The van der Waals surface area contributed by atoms with Crippen molar-refractivity contribution in [3.63, 3.8) is 0 Å². The van der Waals surface area contributed by atoms with Crippen LogP contribution in [0.2, 0.25) is 0 Å². The third-order valence-corrected chi connectivity index (χ3v) is 3.00. The second-order valence-electron chi connectivity index (χ2n) is 4.22. The highest BCUT2D eigenvalue weighted by Gasteiger charge is 2.27. The van der Waals surface area contributed by atoms with Gasteiger partial charge in [-0.3, -0.25) is 4.79 Å². The van der Waals surface area contributed by atoms with Gasteiger partial charge in [-0.25, -0.2) is 8.78 Å². The van der Waals surface area contributed by atoms with Gasteiger partial charge in [0, 0.05) is 18.0 Å². The first-order chi connectivity index (χ1) is 8.08. The summed E-state index contributed by atoms with van der Waals surface area (Å²) in [6.07, 6.45) is -1.43. The molecule has 1 saturated heterocycles. The Morgan fingerprint density at radius 1 is 1.29 bits per heavy atom. The summed E-state index contributed by atoms with van der Waals surface area (Å²) in [4.78, 5) is 11.3. The van der Waals surface area contributed by atoms with E-state index in [1.54, 1.807) is 12.1 Å². The number of nitrogens with two attached hydrogens (primary N) is 1. The molecule has 0 saturated carbocycles. The van der Waals surface area contributed by atoms with E-state index in [9.17, 15) is 13.6 Å². The Morgan fingerprint density at radius 3 is 2.53 bits per heavy atom. The van der Waals surface area contributed by atoms with E-state index in [0.717, 1.165) is 5.56 Å². The Bertz CT molecular complexity index is 405. The van der Waals surface area contributed by atoms with Gasteiger partial charge in [-0.15, -0.1) is 0 Å². The minimum atomic E-state index is -2.47. The molecular formula is C12H14F2N2O. The number of rotatable bonds is 2. The summed E-state index contributed by atoms with van der Waals surface area (Å²) in [5.74, 6) is -0.0466. The molecule has 0 aliphatic carbocycles. The molecule has 1 aromatic rings. The molecule has 3 N–H and O–H groups in total. The van der Waals surface area contributed by atoms with Crippen LogP contribution >= 0.6 is 0 Å². The molecule has 1 aromatic carbocycles. The van der Waals surface area contributed by atoms with Crippen molar-refractivity contribution in [3.05, 3.63) is 35.4 Å². The topological polar surface area (TPSA) is 55.1 Å². The summed E-state index contributed by atoms with van der Waals surface area (Å²) >= 11 is 0. The molecule has 3 nitrogen and oxygen atoms in total. The molecule has 2 rings (SSSR count). The quantitative estimate of drug-likeness (QED) is 0.829. The molecule has 1 amide bonds. The van der Waals surface area contributed by atoms with E-state index in [0.29, 0.717) is 12.8 Å². The zero-order valence-electron chi connectivity index (χ0n) is 9.20.